The van der Waals surface area contributed by atoms with E-state index in [1.807, 2.05) is 19.2 Å². The molecule has 62 valence electrons. The van der Waals surface area contributed by atoms with Crippen molar-refractivity contribution < 1.29 is 4.79 Å². The Morgan fingerprint density at radius 1 is 1.42 bits per heavy atom. The van der Waals surface area contributed by atoms with Crippen molar-refractivity contribution in [1.29, 1.82) is 0 Å². The molecule has 0 aliphatic heterocycles. The maximum Gasteiger partial charge on any atom is 0.164 e. The SMILES string of the molecule is Cc1cnc2c(c1)C(=O)CCC2. The molecule has 0 atom stereocenters. The largest absolute Gasteiger partial charge is 0.294 e. The molecule has 0 saturated carbocycles. The molecular formula is C10H11NO. The molecule has 0 unspecified atom stereocenters. The van der Waals surface area contributed by atoms with Crippen molar-refractivity contribution in [2.75, 3.05) is 0 Å². The number of carbonyl (C=O) groups excluding carboxylic acids is 1. The second kappa shape index (κ2) is 2.70. The van der Waals surface area contributed by atoms with Crippen molar-refractivity contribution in [3.8, 4) is 0 Å². The number of fused-ring (bicyclic) bond motifs is 1. The van der Waals surface area contributed by atoms with Gasteiger partial charge in [-0.25, -0.2) is 0 Å². The standard InChI is InChI=1S/C10H11NO/c1-7-5-8-9(11-6-7)3-2-4-10(8)12/h5-6H,2-4H2,1H3. The quantitative estimate of drug-likeness (QED) is 0.581. The van der Waals surface area contributed by atoms with Gasteiger partial charge in [0.1, 0.15) is 0 Å². The maximum absolute atomic E-state index is 11.4. The lowest BCUT2D eigenvalue weighted by Crippen LogP contribution is -2.12. The summed E-state index contributed by atoms with van der Waals surface area (Å²) in [7, 11) is 0. The topological polar surface area (TPSA) is 30.0 Å². The van der Waals surface area contributed by atoms with E-state index in [1.54, 1.807) is 0 Å². The monoisotopic (exact) mass is 161 g/mol. The molecule has 1 aliphatic rings. The van der Waals surface area contributed by atoms with E-state index >= 15 is 0 Å². The lowest BCUT2D eigenvalue weighted by atomic mass is 9.94. The summed E-state index contributed by atoms with van der Waals surface area (Å²) in [5.41, 5.74) is 2.90. The first-order chi connectivity index (χ1) is 5.77. The molecule has 1 aliphatic carbocycles. The first-order valence-corrected chi connectivity index (χ1v) is 4.26. The van der Waals surface area contributed by atoms with Gasteiger partial charge in [-0.2, -0.15) is 0 Å². The van der Waals surface area contributed by atoms with Crippen molar-refractivity contribution >= 4 is 5.78 Å². The van der Waals surface area contributed by atoms with Crippen molar-refractivity contribution in [2.24, 2.45) is 0 Å². The number of nitrogens with zero attached hydrogens (tertiary/aromatic N) is 1. The number of hydrogen-bond donors (Lipinski definition) is 0. The zero-order valence-electron chi connectivity index (χ0n) is 7.13. The second-order valence-corrected chi connectivity index (χ2v) is 3.28. The van der Waals surface area contributed by atoms with Gasteiger partial charge < -0.3 is 0 Å². The summed E-state index contributed by atoms with van der Waals surface area (Å²) >= 11 is 0. The highest BCUT2D eigenvalue weighted by molar-refractivity contribution is 5.98. The van der Waals surface area contributed by atoms with Crippen LogP contribution < -0.4 is 0 Å². The summed E-state index contributed by atoms with van der Waals surface area (Å²) in [5, 5.41) is 0. The Labute approximate surface area is 71.6 Å². The summed E-state index contributed by atoms with van der Waals surface area (Å²) in [6.45, 7) is 1.97. The molecule has 2 heteroatoms. The molecular weight excluding hydrogens is 150 g/mol. The van der Waals surface area contributed by atoms with Gasteiger partial charge in [0.25, 0.3) is 0 Å². The number of rotatable bonds is 0. The fourth-order valence-electron chi connectivity index (χ4n) is 1.59. The minimum absolute atomic E-state index is 0.257. The van der Waals surface area contributed by atoms with E-state index in [0.29, 0.717) is 6.42 Å². The number of Topliss-reactive ketones (excluding diaryl/α,β-unsaturated/α-hetero) is 1. The van der Waals surface area contributed by atoms with Gasteiger partial charge in [0, 0.05) is 18.2 Å². The fraction of sp³-hybridized carbons (Fsp3) is 0.400. The van der Waals surface area contributed by atoms with Crippen molar-refractivity contribution in [1.82, 2.24) is 4.98 Å². The van der Waals surface area contributed by atoms with Crippen LogP contribution in [-0.2, 0) is 6.42 Å². The van der Waals surface area contributed by atoms with Gasteiger partial charge in [0.05, 0.1) is 5.69 Å². The lowest BCUT2D eigenvalue weighted by molar-refractivity contribution is 0.0971. The third-order valence-corrected chi connectivity index (χ3v) is 2.22. The Hall–Kier alpha value is -1.18. The van der Waals surface area contributed by atoms with Crippen LogP contribution in [0.1, 0.15) is 34.5 Å². The average Bonchev–Trinajstić information content (AvgIpc) is 2.07. The van der Waals surface area contributed by atoms with Gasteiger partial charge in [0.15, 0.2) is 5.78 Å². The van der Waals surface area contributed by atoms with Crippen LogP contribution in [-0.4, -0.2) is 10.8 Å². The zero-order chi connectivity index (χ0) is 8.55. The van der Waals surface area contributed by atoms with Gasteiger partial charge in [-0.05, 0) is 31.4 Å². The third kappa shape index (κ3) is 1.13. The number of aryl methyl sites for hydroxylation is 2. The molecule has 0 bridgehead atoms. The zero-order valence-corrected chi connectivity index (χ0v) is 7.13. The van der Waals surface area contributed by atoms with Crippen LogP contribution in [0.15, 0.2) is 12.3 Å². The molecule has 1 aromatic rings. The number of carbonyl (C=O) groups is 1. The normalized spacial score (nSPS) is 15.9. The van der Waals surface area contributed by atoms with Crippen molar-refractivity contribution in [2.45, 2.75) is 26.2 Å². The molecule has 12 heavy (non-hydrogen) atoms. The van der Waals surface area contributed by atoms with Crippen molar-refractivity contribution in [3.63, 3.8) is 0 Å². The maximum atomic E-state index is 11.4. The molecule has 0 saturated heterocycles. The van der Waals surface area contributed by atoms with E-state index in [-0.39, 0.29) is 5.78 Å². The number of hydrogen-bond acceptors (Lipinski definition) is 2. The first kappa shape index (κ1) is 7.47. The lowest BCUT2D eigenvalue weighted by Gasteiger charge is -2.13. The smallest absolute Gasteiger partial charge is 0.164 e. The van der Waals surface area contributed by atoms with E-state index in [1.165, 1.54) is 0 Å². The van der Waals surface area contributed by atoms with Crippen LogP contribution in [0.5, 0.6) is 0 Å². The van der Waals surface area contributed by atoms with Gasteiger partial charge in [-0.1, -0.05) is 0 Å². The van der Waals surface area contributed by atoms with Crippen LogP contribution in [0, 0.1) is 6.92 Å². The molecule has 2 rings (SSSR count). The molecule has 1 aromatic heterocycles. The third-order valence-electron chi connectivity index (χ3n) is 2.22. The van der Waals surface area contributed by atoms with E-state index in [9.17, 15) is 4.79 Å². The molecule has 2 nitrogen and oxygen atoms in total. The predicted molar refractivity (Wildman–Crippen MR) is 46.2 cm³/mol. The van der Waals surface area contributed by atoms with Crippen LogP contribution in [0.3, 0.4) is 0 Å². The Bertz CT molecular complexity index is 331. The highest BCUT2D eigenvalue weighted by Crippen LogP contribution is 2.19. The van der Waals surface area contributed by atoms with Crippen LogP contribution in [0.4, 0.5) is 0 Å². The Kier molecular flexibility index (Phi) is 1.68. The molecule has 0 aromatic carbocycles. The first-order valence-electron chi connectivity index (χ1n) is 4.26. The van der Waals surface area contributed by atoms with E-state index in [0.717, 1.165) is 29.7 Å². The Balaban J connectivity index is 2.54. The van der Waals surface area contributed by atoms with Crippen molar-refractivity contribution in [3.05, 3.63) is 29.1 Å². The average molecular weight is 161 g/mol. The molecule has 1 heterocycles. The number of pyridine rings is 1. The van der Waals surface area contributed by atoms with Gasteiger partial charge >= 0.3 is 0 Å². The molecule has 0 radical (unpaired) electrons. The summed E-state index contributed by atoms with van der Waals surface area (Å²) in [6, 6.07) is 1.95. The highest BCUT2D eigenvalue weighted by atomic mass is 16.1. The number of ketones is 1. The predicted octanol–water partition coefficient (Wildman–Crippen LogP) is 1.91. The van der Waals surface area contributed by atoms with Crippen LogP contribution in [0.2, 0.25) is 0 Å². The fourth-order valence-corrected chi connectivity index (χ4v) is 1.59. The van der Waals surface area contributed by atoms with E-state index < -0.39 is 0 Å². The number of aromatic nitrogens is 1. The summed E-state index contributed by atoms with van der Waals surface area (Å²) in [4.78, 5) is 15.6. The minimum Gasteiger partial charge on any atom is -0.294 e. The Morgan fingerprint density at radius 2 is 2.25 bits per heavy atom. The van der Waals surface area contributed by atoms with Crippen LogP contribution >= 0.6 is 0 Å². The second-order valence-electron chi connectivity index (χ2n) is 3.28. The van der Waals surface area contributed by atoms with Gasteiger partial charge in [0.2, 0.25) is 0 Å². The van der Waals surface area contributed by atoms with Crippen LogP contribution in [0.25, 0.3) is 0 Å². The molecule has 0 N–H and O–H groups in total. The summed E-state index contributed by atoms with van der Waals surface area (Å²) in [5.74, 6) is 0.257. The highest BCUT2D eigenvalue weighted by Gasteiger charge is 2.17. The van der Waals surface area contributed by atoms with Gasteiger partial charge in [-0.15, -0.1) is 0 Å². The Morgan fingerprint density at radius 3 is 3.08 bits per heavy atom. The van der Waals surface area contributed by atoms with E-state index in [4.69, 9.17) is 0 Å². The molecule has 0 fully saturated rings. The summed E-state index contributed by atoms with van der Waals surface area (Å²) in [6.07, 6.45) is 4.44. The summed E-state index contributed by atoms with van der Waals surface area (Å²) < 4.78 is 0. The molecule has 0 spiro atoms. The minimum atomic E-state index is 0.257. The molecule has 0 amide bonds. The van der Waals surface area contributed by atoms with Gasteiger partial charge in [-0.3, -0.25) is 9.78 Å². The van der Waals surface area contributed by atoms with E-state index in [2.05, 4.69) is 4.98 Å².